The van der Waals surface area contributed by atoms with Crippen molar-refractivity contribution in [1.82, 2.24) is 0 Å². The van der Waals surface area contributed by atoms with E-state index in [2.05, 4.69) is 5.32 Å². The largest absolute Gasteiger partial charge is 0.396 e. The fraction of sp³-hybridized carbons (Fsp3) is 0.0714. The van der Waals surface area contributed by atoms with Crippen molar-refractivity contribution < 1.29 is 4.79 Å². The Bertz CT molecular complexity index is 641. The van der Waals surface area contributed by atoms with Crippen LogP contribution in [-0.2, 0) is 0 Å². The lowest BCUT2D eigenvalue weighted by Gasteiger charge is -2.13. The van der Waals surface area contributed by atoms with Gasteiger partial charge in [-0.15, -0.1) is 0 Å². The zero-order valence-electron chi connectivity index (χ0n) is 10.4. The van der Waals surface area contributed by atoms with Gasteiger partial charge >= 0.3 is 0 Å². The normalized spacial score (nSPS) is 10.2. The van der Waals surface area contributed by atoms with Gasteiger partial charge in [0, 0.05) is 0 Å². The smallest absolute Gasteiger partial charge is 0.250 e. The molecule has 0 saturated carbocycles. The quantitative estimate of drug-likeness (QED) is 0.753. The molecule has 2 aromatic carbocycles. The van der Waals surface area contributed by atoms with E-state index >= 15 is 0 Å². The molecule has 0 atom stereocenters. The first-order valence-electron chi connectivity index (χ1n) is 5.70. The van der Waals surface area contributed by atoms with Gasteiger partial charge in [-0.3, -0.25) is 4.79 Å². The molecule has 1 amide bonds. The molecule has 5 heteroatoms. The molecular formula is C14H14ClN3O. The number of hydrogen-bond donors (Lipinski definition) is 3. The van der Waals surface area contributed by atoms with E-state index < -0.39 is 5.91 Å². The van der Waals surface area contributed by atoms with Crippen LogP contribution in [0.2, 0.25) is 5.02 Å². The number of nitrogen functional groups attached to an aromatic ring is 1. The third-order valence-corrected chi connectivity index (χ3v) is 3.09. The van der Waals surface area contributed by atoms with E-state index in [0.29, 0.717) is 16.4 Å². The number of amides is 1. The first kappa shape index (κ1) is 13.2. The zero-order valence-corrected chi connectivity index (χ0v) is 11.2. The van der Waals surface area contributed by atoms with Crippen molar-refractivity contribution in [3.8, 4) is 0 Å². The molecule has 4 nitrogen and oxygen atoms in total. The Morgan fingerprint density at radius 1 is 1.21 bits per heavy atom. The Balaban J connectivity index is 2.41. The van der Waals surface area contributed by atoms with Crippen LogP contribution in [0.1, 0.15) is 15.9 Å². The third kappa shape index (κ3) is 2.80. The SMILES string of the molecule is Cc1ccc(Cl)c(Nc2cccc(C(N)=O)c2N)c1. The molecule has 98 valence electrons. The minimum absolute atomic E-state index is 0.286. The predicted molar refractivity (Wildman–Crippen MR) is 78.8 cm³/mol. The Kier molecular flexibility index (Phi) is 3.62. The van der Waals surface area contributed by atoms with E-state index in [-0.39, 0.29) is 5.56 Å². The summed E-state index contributed by atoms with van der Waals surface area (Å²) >= 11 is 6.11. The molecule has 0 aliphatic rings. The van der Waals surface area contributed by atoms with Crippen LogP contribution in [0.5, 0.6) is 0 Å². The van der Waals surface area contributed by atoms with Gasteiger partial charge in [0.05, 0.1) is 27.6 Å². The molecule has 2 aromatic rings. The van der Waals surface area contributed by atoms with Gasteiger partial charge in [0.25, 0.3) is 5.91 Å². The number of nitrogens with one attached hydrogen (secondary N) is 1. The second kappa shape index (κ2) is 5.20. The molecule has 0 saturated heterocycles. The fourth-order valence-electron chi connectivity index (χ4n) is 1.77. The number of benzene rings is 2. The summed E-state index contributed by atoms with van der Waals surface area (Å²) in [5.41, 5.74) is 14.2. The number of primary amides is 1. The molecule has 0 unspecified atom stereocenters. The maximum absolute atomic E-state index is 11.2. The highest BCUT2D eigenvalue weighted by Gasteiger charge is 2.10. The molecule has 0 heterocycles. The summed E-state index contributed by atoms with van der Waals surface area (Å²) in [6.07, 6.45) is 0. The molecule has 0 bridgehead atoms. The number of rotatable bonds is 3. The Morgan fingerprint density at radius 3 is 2.63 bits per heavy atom. The minimum atomic E-state index is -0.559. The van der Waals surface area contributed by atoms with E-state index in [1.54, 1.807) is 24.3 Å². The molecule has 2 rings (SSSR count). The first-order chi connectivity index (χ1) is 8.99. The van der Waals surface area contributed by atoms with E-state index in [0.717, 1.165) is 11.3 Å². The van der Waals surface area contributed by atoms with Crippen LogP contribution in [0.3, 0.4) is 0 Å². The van der Waals surface area contributed by atoms with Gasteiger partial charge in [-0.05, 0) is 36.8 Å². The number of para-hydroxylation sites is 1. The van der Waals surface area contributed by atoms with Crippen LogP contribution in [-0.4, -0.2) is 5.91 Å². The van der Waals surface area contributed by atoms with Crippen molar-refractivity contribution in [2.45, 2.75) is 6.92 Å². The van der Waals surface area contributed by atoms with Gasteiger partial charge in [0.2, 0.25) is 0 Å². The topological polar surface area (TPSA) is 81.1 Å². The number of anilines is 3. The number of nitrogens with two attached hydrogens (primary N) is 2. The predicted octanol–water partition coefficient (Wildman–Crippen LogP) is 3.07. The Hall–Kier alpha value is -2.20. The van der Waals surface area contributed by atoms with E-state index in [4.69, 9.17) is 23.1 Å². The van der Waals surface area contributed by atoms with E-state index in [9.17, 15) is 4.79 Å². The van der Waals surface area contributed by atoms with Crippen LogP contribution in [0.25, 0.3) is 0 Å². The molecule has 0 aliphatic heterocycles. The van der Waals surface area contributed by atoms with Gasteiger partial charge < -0.3 is 16.8 Å². The average Bonchev–Trinajstić information content (AvgIpc) is 2.36. The lowest BCUT2D eigenvalue weighted by Crippen LogP contribution is -2.14. The van der Waals surface area contributed by atoms with Crippen molar-refractivity contribution in [2.75, 3.05) is 11.1 Å². The van der Waals surface area contributed by atoms with Crippen LogP contribution < -0.4 is 16.8 Å². The molecule has 0 spiro atoms. The summed E-state index contributed by atoms with van der Waals surface area (Å²) in [7, 11) is 0. The number of carbonyl (C=O) groups is 1. The van der Waals surface area contributed by atoms with Crippen molar-refractivity contribution in [1.29, 1.82) is 0 Å². The lowest BCUT2D eigenvalue weighted by atomic mass is 10.1. The number of carbonyl (C=O) groups excluding carboxylic acids is 1. The zero-order chi connectivity index (χ0) is 14.0. The fourth-order valence-corrected chi connectivity index (χ4v) is 1.93. The molecule has 0 aromatic heterocycles. The number of halogens is 1. The van der Waals surface area contributed by atoms with Gasteiger partial charge in [-0.25, -0.2) is 0 Å². The van der Waals surface area contributed by atoms with Gasteiger partial charge in [0.1, 0.15) is 0 Å². The molecule has 19 heavy (non-hydrogen) atoms. The monoisotopic (exact) mass is 275 g/mol. The van der Waals surface area contributed by atoms with Crippen molar-refractivity contribution >= 4 is 34.6 Å². The summed E-state index contributed by atoms with van der Waals surface area (Å²) < 4.78 is 0. The van der Waals surface area contributed by atoms with Crippen molar-refractivity contribution in [3.63, 3.8) is 0 Å². The van der Waals surface area contributed by atoms with Gasteiger partial charge in [0.15, 0.2) is 0 Å². The minimum Gasteiger partial charge on any atom is -0.396 e. The van der Waals surface area contributed by atoms with Gasteiger partial charge in [-0.2, -0.15) is 0 Å². The first-order valence-corrected chi connectivity index (χ1v) is 6.08. The van der Waals surface area contributed by atoms with Crippen molar-refractivity contribution in [3.05, 3.63) is 52.5 Å². The number of aryl methyl sites for hydroxylation is 1. The van der Waals surface area contributed by atoms with E-state index in [1.165, 1.54) is 0 Å². The maximum atomic E-state index is 11.2. The van der Waals surface area contributed by atoms with Crippen LogP contribution in [0.4, 0.5) is 17.1 Å². The highest BCUT2D eigenvalue weighted by Crippen LogP contribution is 2.30. The summed E-state index contributed by atoms with van der Waals surface area (Å²) in [5, 5.41) is 3.69. The van der Waals surface area contributed by atoms with Gasteiger partial charge in [-0.1, -0.05) is 23.7 Å². The van der Waals surface area contributed by atoms with Crippen LogP contribution >= 0.6 is 11.6 Å². The number of hydrogen-bond acceptors (Lipinski definition) is 3. The van der Waals surface area contributed by atoms with Crippen LogP contribution in [0.15, 0.2) is 36.4 Å². The highest BCUT2D eigenvalue weighted by atomic mass is 35.5. The standard InChI is InChI=1S/C14H14ClN3O/c1-8-5-6-10(15)12(7-8)18-11-4-2-3-9(13(11)16)14(17)19/h2-7,18H,16H2,1H3,(H2,17,19). The maximum Gasteiger partial charge on any atom is 0.250 e. The highest BCUT2D eigenvalue weighted by molar-refractivity contribution is 6.33. The van der Waals surface area contributed by atoms with Crippen molar-refractivity contribution in [2.24, 2.45) is 5.73 Å². The molecule has 5 N–H and O–H groups in total. The van der Waals surface area contributed by atoms with E-state index in [1.807, 2.05) is 19.1 Å². The summed E-state index contributed by atoms with van der Waals surface area (Å²) in [6, 6.07) is 10.7. The summed E-state index contributed by atoms with van der Waals surface area (Å²) in [4.78, 5) is 11.2. The summed E-state index contributed by atoms with van der Waals surface area (Å²) in [6.45, 7) is 1.96. The molecular weight excluding hydrogens is 262 g/mol. The molecule has 0 aliphatic carbocycles. The second-order valence-corrected chi connectivity index (χ2v) is 4.65. The second-order valence-electron chi connectivity index (χ2n) is 4.24. The summed E-state index contributed by atoms with van der Waals surface area (Å²) in [5.74, 6) is -0.559. The van der Waals surface area contributed by atoms with Crippen LogP contribution in [0, 0.1) is 6.92 Å². The molecule has 0 radical (unpaired) electrons. The molecule has 0 fully saturated rings. The Labute approximate surface area is 116 Å². The Morgan fingerprint density at radius 2 is 1.95 bits per heavy atom. The lowest BCUT2D eigenvalue weighted by molar-refractivity contribution is 0.100. The third-order valence-electron chi connectivity index (χ3n) is 2.76. The average molecular weight is 276 g/mol.